The van der Waals surface area contributed by atoms with E-state index in [1.54, 1.807) is 18.3 Å². The first kappa shape index (κ1) is 17.8. The molecule has 132 valence electrons. The lowest BCUT2D eigenvalue weighted by molar-refractivity contribution is -0.117. The van der Waals surface area contributed by atoms with Crippen LogP contribution in [0.2, 0.25) is 0 Å². The topological polar surface area (TPSA) is 42.0 Å². The van der Waals surface area contributed by atoms with Crippen LogP contribution < -0.4 is 5.32 Å². The summed E-state index contributed by atoms with van der Waals surface area (Å²) in [5.41, 5.74) is 4.52. The van der Waals surface area contributed by atoms with Gasteiger partial charge in [-0.15, -0.1) is 0 Å². The van der Waals surface area contributed by atoms with Gasteiger partial charge in [-0.2, -0.15) is 0 Å². The van der Waals surface area contributed by atoms with E-state index in [0.717, 1.165) is 28.1 Å². The normalized spacial score (nSPS) is 11.8. The van der Waals surface area contributed by atoms with E-state index in [2.05, 4.69) is 10.3 Å². The molecule has 4 heteroatoms. The fourth-order valence-electron chi connectivity index (χ4n) is 2.96. The van der Waals surface area contributed by atoms with Gasteiger partial charge >= 0.3 is 0 Å². The molecule has 0 spiro atoms. The van der Waals surface area contributed by atoms with E-state index >= 15 is 0 Å². The number of rotatable bonds is 5. The summed E-state index contributed by atoms with van der Waals surface area (Å²) in [6.45, 7) is 3.98. The van der Waals surface area contributed by atoms with Gasteiger partial charge in [0, 0.05) is 24.0 Å². The van der Waals surface area contributed by atoms with Crippen molar-refractivity contribution < 1.29 is 9.18 Å². The molecule has 0 fully saturated rings. The highest BCUT2D eigenvalue weighted by Gasteiger charge is 2.22. The van der Waals surface area contributed by atoms with Gasteiger partial charge in [0.2, 0.25) is 5.91 Å². The van der Waals surface area contributed by atoms with E-state index in [1.807, 2.05) is 50.2 Å². The standard InChI is InChI=1S/C22H21FN2O/c1-15-6-11-21(16(2)13-15)25-22(26)20(14-19-5-3-4-12-24-19)17-7-9-18(23)10-8-17/h3-13,20H,14H2,1-2H3,(H,25,26). The molecular formula is C22H21FN2O. The summed E-state index contributed by atoms with van der Waals surface area (Å²) in [7, 11) is 0. The number of aryl methyl sites for hydroxylation is 2. The Morgan fingerprint density at radius 1 is 1.08 bits per heavy atom. The van der Waals surface area contributed by atoms with Crippen molar-refractivity contribution in [2.45, 2.75) is 26.2 Å². The maximum atomic E-state index is 13.3. The lowest BCUT2D eigenvalue weighted by Crippen LogP contribution is -2.23. The smallest absolute Gasteiger partial charge is 0.232 e. The fourth-order valence-corrected chi connectivity index (χ4v) is 2.96. The Labute approximate surface area is 152 Å². The van der Waals surface area contributed by atoms with Crippen LogP contribution >= 0.6 is 0 Å². The Morgan fingerprint density at radius 3 is 2.50 bits per heavy atom. The molecule has 0 aliphatic heterocycles. The highest BCUT2D eigenvalue weighted by Crippen LogP contribution is 2.24. The number of carbonyl (C=O) groups is 1. The number of hydrogen-bond donors (Lipinski definition) is 1. The second-order valence-corrected chi connectivity index (χ2v) is 6.44. The van der Waals surface area contributed by atoms with Crippen LogP contribution in [-0.4, -0.2) is 10.9 Å². The molecule has 0 radical (unpaired) electrons. The molecule has 1 amide bonds. The van der Waals surface area contributed by atoms with Crippen molar-refractivity contribution in [2.24, 2.45) is 0 Å². The van der Waals surface area contributed by atoms with E-state index in [0.29, 0.717) is 6.42 Å². The highest BCUT2D eigenvalue weighted by molar-refractivity contribution is 5.96. The number of anilines is 1. The van der Waals surface area contributed by atoms with Crippen molar-refractivity contribution in [3.8, 4) is 0 Å². The molecule has 1 aromatic heterocycles. The van der Waals surface area contributed by atoms with Crippen LogP contribution in [-0.2, 0) is 11.2 Å². The minimum Gasteiger partial charge on any atom is -0.325 e. The minimum absolute atomic E-state index is 0.130. The first-order chi connectivity index (χ1) is 12.5. The molecular weight excluding hydrogens is 327 g/mol. The van der Waals surface area contributed by atoms with Gasteiger partial charge in [0.05, 0.1) is 5.92 Å². The molecule has 3 nitrogen and oxygen atoms in total. The predicted octanol–water partition coefficient (Wildman–Crippen LogP) is 4.80. The second-order valence-electron chi connectivity index (χ2n) is 6.44. The molecule has 1 heterocycles. The van der Waals surface area contributed by atoms with Gasteiger partial charge in [0.1, 0.15) is 5.82 Å². The number of nitrogens with one attached hydrogen (secondary N) is 1. The van der Waals surface area contributed by atoms with Crippen molar-refractivity contribution in [3.05, 3.63) is 95.1 Å². The molecule has 1 N–H and O–H groups in total. The fraction of sp³-hybridized carbons (Fsp3) is 0.182. The monoisotopic (exact) mass is 348 g/mol. The van der Waals surface area contributed by atoms with Gasteiger partial charge in [-0.05, 0) is 55.3 Å². The highest BCUT2D eigenvalue weighted by atomic mass is 19.1. The first-order valence-corrected chi connectivity index (χ1v) is 8.56. The molecule has 0 bridgehead atoms. The molecule has 0 aliphatic rings. The van der Waals surface area contributed by atoms with Crippen LogP contribution in [0, 0.1) is 19.7 Å². The summed E-state index contributed by atoms with van der Waals surface area (Å²) >= 11 is 0. The number of carbonyl (C=O) groups excluding carboxylic acids is 1. The molecule has 0 aliphatic carbocycles. The van der Waals surface area contributed by atoms with Crippen molar-refractivity contribution in [1.82, 2.24) is 4.98 Å². The number of aromatic nitrogens is 1. The average Bonchev–Trinajstić information content (AvgIpc) is 2.64. The number of pyridine rings is 1. The number of benzene rings is 2. The average molecular weight is 348 g/mol. The van der Waals surface area contributed by atoms with Gasteiger partial charge in [0.25, 0.3) is 0 Å². The number of hydrogen-bond acceptors (Lipinski definition) is 2. The van der Waals surface area contributed by atoms with Crippen LogP contribution in [0.5, 0.6) is 0 Å². The molecule has 2 aromatic carbocycles. The zero-order valence-electron chi connectivity index (χ0n) is 14.9. The van der Waals surface area contributed by atoms with E-state index in [-0.39, 0.29) is 11.7 Å². The van der Waals surface area contributed by atoms with Crippen LogP contribution in [0.4, 0.5) is 10.1 Å². The van der Waals surface area contributed by atoms with Crippen molar-refractivity contribution in [1.29, 1.82) is 0 Å². The third-order valence-corrected chi connectivity index (χ3v) is 4.37. The Hall–Kier alpha value is -3.01. The lowest BCUT2D eigenvalue weighted by Gasteiger charge is -2.18. The SMILES string of the molecule is Cc1ccc(NC(=O)C(Cc2ccccn2)c2ccc(F)cc2)c(C)c1. The summed E-state index contributed by atoms with van der Waals surface area (Å²) < 4.78 is 13.3. The third kappa shape index (κ3) is 4.33. The Kier molecular flexibility index (Phi) is 5.42. The summed E-state index contributed by atoms with van der Waals surface area (Å²) in [6.07, 6.45) is 2.16. The number of halogens is 1. The van der Waals surface area contributed by atoms with Crippen LogP contribution in [0.25, 0.3) is 0 Å². The Bertz CT molecular complexity index is 892. The summed E-state index contributed by atoms with van der Waals surface area (Å²) in [6, 6.07) is 17.6. The molecule has 1 unspecified atom stereocenters. The summed E-state index contributed by atoms with van der Waals surface area (Å²) in [5, 5.41) is 3.01. The van der Waals surface area contributed by atoms with Crippen molar-refractivity contribution in [3.63, 3.8) is 0 Å². The molecule has 1 atom stereocenters. The molecule has 26 heavy (non-hydrogen) atoms. The Morgan fingerprint density at radius 2 is 1.85 bits per heavy atom. The maximum absolute atomic E-state index is 13.3. The van der Waals surface area contributed by atoms with Crippen molar-refractivity contribution in [2.75, 3.05) is 5.32 Å². The largest absolute Gasteiger partial charge is 0.325 e. The second kappa shape index (κ2) is 7.91. The molecule has 3 aromatic rings. The van der Waals surface area contributed by atoms with E-state index in [4.69, 9.17) is 0 Å². The zero-order chi connectivity index (χ0) is 18.5. The zero-order valence-corrected chi connectivity index (χ0v) is 14.9. The Balaban J connectivity index is 1.88. The maximum Gasteiger partial charge on any atom is 0.232 e. The number of nitrogens with zero attached hydrogens (tertiary/aromatic N) is 1. The quantitative estimate of drug-likeness (QED) is 0.719. The van der Waals surface area contributed by atoms with Gasteiger partial charge in [-0.1, -0.05) is 35.9 Å². The first-order valence-electron chi connectivity index (χ1n) is 8.56. The van der Waals surface area contributed by atoms with Crippen LogP contribution in [0.3, 0.4) is 0 Å². The predicted molar refractivity (Wildman–Crippen MR) is 102 cm³/mol. The molecule has 0 saturated heterocycles. The van der Waals surface area contributed by atoms with Crippen LogP contribution in [0.15, 0.2) is 66.9 Å². The number of amides is 1. The van der Waals surface area contributed by atoms with Gasteiger partial charge < -0.3 is 5.32 Å². The minimum atomic E-state index is -0.453. The molecule has 3 rings (SSSR count). The van der Waals surface area contributed by atoms with E-state index in [1.165, 1.54) is 12.1 Å². The van der Waals surface area contributed by atoms with Gasteiger partial charge in [0.15, 0.2) is 0 Å². The van der Waals surface area contributed by atoms with Gasteiger partial charge in [-0.3, -0.25) is 9.78 Å². The van der Waals surface area contributed by atoms with Crippen LogP contribution in [0.1, 0.15) is 28.3 Å². The van der Waals surface area contributed by atoms with E-state index in [9.17, 15) is 9.18 Å². The summed E-state index contributed by atoms with van der Waals surface area (Å²) in [5.74, 6) is -0.902. The van der Waals surface area contributed by atoms with E-state index < -0.39 is 5.92 Å². The summed E-state index contributed by atoms with van der Waals surface area (Å²) in [4.78, 5) is 17.3. The van der Waals surface area contributed by atoms with Crippen molar-refractivity contribution >= 4 is 11.6 Å². The van der Waals surface area contributed by atoms with Gasteiger partial charge in [-0.25, -0.2) is 4.39 Å². The third-order valence-electron chi connectivity index (χ3n) is 4.37. The lowest BCUT2D eigenvalue weighted by atomic mass is 9.92. The molecule has 0 saturated carbocycles.